The van der Waals surface area contributed by atoms with Crippen LogP contribution in [0.5, 0.6) is 5.75 Å². The summed E-state index contributed by atoms with van der Waals surface area (Å²) in [6.07, 6.45) is 1.57. The van der Waals surface area contributed by atoms with Crippen molar-refractivity contribution in [1.29, 1.82) is 0 Å². The lowest BCUT2D eigenvalue weighted by Crippen LogP contribution is -2.39. The number of aryl methyl sites for hydroxylation is 2. The lowest BCUT2D eigenvalue weighted by atomic mass is 10.1. The summed E-state index contributed by atoms with van der Waals surface area (Å²) < 4.78 is 10.6. The van der Waals surface area contributed by atoms with E-state index in [-0.39, 0.29) is 12.0 Å². The summed E-state index contributed by atoms with van der Waals surface area (Å²) >= 11 is 0. The molecule has 0 amide bonds. The van der Waals surface area contributed by atoms with E-state index >= 15 is 0 Å². The Labute approximate surface area is 121 Å². The highest BCUT2D eigenvalue weighted by molar-refractivity contribution is 5.75. The molecule has 4 heteroatoms. The van der Waals surface area contributed by atoms with Gasteiger partial charge in [-0.2, -0.15) is 0 Å². The van der Waals surface area contributed by atoms with Crippen molar-refractivity contribution < 1.29 is 14.3 Å². The highest BCUT2D eigenvalue weighted by Gasteiger charge is 2.18. The van der Waals surface area contributed by atoms with Gasteiger partial charge in [-0.25, -0.2) is 0 Å². The molecule has 4 nitrogen and oxygen atoms in total. The maximum atomic E-state index is 11.6. The molecule has 0 radical (unpaired) electrons. The Morgan fingerprint density at radius 2 is 2.10 bits per heavy atom. The molecular weight excluding hydrogens is 254 g/mol. The molecular formula is C16H25NO3. The second kappa shape index (κ2) is 8.59. The minimum absolute atomic E-state index is 0.233. The number of nitrogens with one attached hydrogen (secondary N) is 1. The molecule has 1 aromatic rings. The van der Waals surface area contributed by atoms with E-state index in [0.29, 0.717) is 13.0 Å². The number of hydrogen-bond donors (Lipinski definition) is 1. The van der Waals surface area contributed by atoms with Crippen LogP contribution in [-0.2, 0) is 9.53 Å². The van der Waals surface area contributed by atoms with Crippen molar-refractivity contribution in [3.8, 4) is 5.75 Å². The molecule has 0 heterocycles. The molecule has 1 aromatic carbocycles. The molecule has 1 unspecified atom stereocenters. The lowest BCUT2D eigenvalue weighted by molar-refractivity contribution is -0.143. The Bertz CT molecular complexity index is 432. The van der Waals surface area contributed by atoms with Gasteiger partial charge in [-0.3, -0.25) is 4.79 Å². The monoisotopic (exact) mass is 279 g/mol. The predicted molar refractivity (Wildman–Crippen MR) is 80.1 cm³/mol. The molecule has 112 valence electrons. The summed E-state index contributed by atoms with van der Waals surface area (Å²) in [5.41, 5.74) is 2.27. The van der Waals surface area contributed by atoms with Crippen LogP contribution in [0.3, 0.4) is 0 Å². The third-order valence-electron chi connectivity index (χ3n) is 3.13. The van der Waals surface area contributed by atoms with E-state index < -0.39 is 0 Å². The van der Waals surface area contributed by atoms with Crippen LogP contribution < -0.4 is 10.1 Å². The standard InChI is InChI=1S/C16H25NO3/c1-5-9-17-14(16(18)19-4)8-10-20-15-11-12(2)6-7-13(15)3/h6-7,11,14,17H,5,8-10H2,1-4H3. The number of hydrogen-bond acceptors (Lipinski definition) is 4. The number of carbonyl (C=O) groups excluding carboxylic acids is 1. The average Bonchev–Trinajstić information content (AvgIpc) is 2.45. The normalized spacial score (nSPS) is 12.0. The fourth-order valence-electron chi connectivity index (χ4n) is 1.91. The Balaban J connectivity index is 2.50. The van der Waals surface area contributed by atoms with Crippen LogP contribution in [0, 0.1) is 13.8 Å². The first-order chi connectivity index (χ1) is 9.58. The van der Waals surface area contributed by atoms with E-state index in [4.69, 9.17) is 9.47 Å². The van der Waals surface area contributed by atoms with Crippen LogP contribution in [0.15, 0.2) is 18.2 Å². The molecule has 0 aromatic heterocycles. The number of benzene rings is 1. The maximum absolute atomic E-state index is 11.6. The zero-order valence-electron chi connectivity index (χ0n) is 12.9. The van der Waals surface area contributed by atoms with Gasteiger partial charge in [0, 0.05) is 6.42 Å². The largest absolute Gasteiger partial charge is 0.493 e. The topological polar surface area (TPSA) is 47.6 Å². The van der Waals surface area contributed by atoms with E-state index in [1.807, 2.05) is 26.0 Å². The molecule has 0 fully saturated rings. The fraction of sp³-hybridized carbons (Fsp3) is 0.562. The average molecular weight is 279 g/mol. The van der Waals surface area contributed by atoms with Gasteiger partial charge in [0.2, 0.25) is 0 Å². The van der Waals surface area contributed by atoms with Gasteiger partial charge in [0.1, 0.15) is 11.8 Å². The van der Waals surface area contributed by atoms with Gasteiger partial charge in [0.05, 0.1) is 13.7 Å². The zero-order valence-corrected chi connectivity index (χ0v) is 12.9. The maximum Gasteiger partial charge on any atom is 0.322 e. The molecule has 1 atom stereocenters. The quantitative estimate of drug-likeness (QED) is 0.743. The first-order valence-electron chi connectivity index (χ1n) is 7.09. The Kier molecular flexibility index (Phi) is 7.09. The van der Waals surface area contributed by atoms with Crippen LogP contribution in [0.1, 0.15) is 30.9 Å². The van der Waals surface area contributed by atoms with E-state index in [9.17, 15) is 4.79 Å². The summed E-state index contributed by atoms with van der Waals surface area (Å²) in [6.45, 7) is 7.40. The number of carbonyl (C=O) groups is 1. The van der Waals surface area contributed by atoms with E-state index in [2.05, 4.69) is 18.3 Å². The number of ether oxygens (including phenoxy) is 2. The fourth-order valence-corrected chi connectivity index (χ4v) is 1.91. The Hall–Kier alpha value is -1.55. The van der Waals surface area contributed by atoms with Crippen molar-refractivity contribution in [2.24, 2.45) is 0 Å². The van der Waals surface area contributed by atoms with Gasteiger partial charge in [-0.1, -0.05) is 19.1 Å². The van der Waals surface area contributed by atoms with Crippen LogP contribution in [0.4, 0.5) is 0 Å². The second-order valence-electron chi connectivity index (χ2n) is 4.94. The van der Waals surface area contributed by atoms with Crippen LogP contribution in [0.25, 0.3) is 0 Å². The number of methoxy groups -OCH3 is 1. The van der Waals surface area contributed by atoms with E-state index in [1.165, 1.54) is 12.7 Å². The van der Waals surface area contributed by atoms with Gasteiger partial charge in [-0.15, -0.1) is 0 Å². The molecule has 0 bridgehead atoms. The SMILES string of the molecule is CCCNC(CCOc1cc(C)ccc1C)C(=O)OC. The lowest BCUT2D eigenvalue weighted by Gasteiger charge is -2.17. The molecule has 0 saturated carbocycles. The number of rotatable bonds is 8. The molecule has 1 rings (SSSR count). The summed E-state index contributed by atoms with van der Waals surface area (Å²) in [4.78, 5) is 11.6. The molecule has 20 heavy (non-hydrogen) atoms. The van der Waals surface area contributed by atoms with Gasteiger partial charge in [0.15, 0.2) is 0 Å². The van der Waals surface area contributed by atoms with Crippen LogP contribution in [-0.4, -0.2) is 32.3 Å². The van der Waals surface area contributed by atoms with Crippen molar-refractivity contribution in [3.63, 3.8) is 0 Å². The van der Waals surface area contributed by atoms with Crippen LogP contribution >= 0.6 is 0 Å². The smallest absolute Gasteiger partial charge is 0.322 e. The molecule has 0 aliphatic heterocycles. The molecule has 0 aliphatic carbocycles. The van der Waals surface area contributed by atoms with Gasteiger partial charge in [0.25, 0.3) is 0 Å². The third kappa shape index (κ3) is 5.21. The number of esters is 1. The van der Waals surface area contributed by atoms with Gasteiger partial charge < -0.3 is 14.8 Å². The molecule has 0 saturated heterocycles. The highest BCUT2D eigenvalue weighted by atomic mass is 16.5. The zero-order chi connectivity index (χ0) is 15.0. The Morgan fingerprint density at radius 3 is 2.75 bits per heavy atom. The first kappa shape index (κ1) is 16.5. The van der Waals surface area contributed by atoms with Crippen molar-refractivity contribution in [3.05, 3.63) is 29.3 Å². The summed E-state index contributed by atoms with van der Waals surface area (Å²) in [6, 6.07) is 5.81. The van der Waals surface area contributed by atoms with Crippen molar-refractivity contribution in [2.45, 2.75) is 39.7 Å². The van der Waals surface area contributed by atoms with E-state index in [1.54, 1.807) is 0 Å². The van der Waals surface area contributed by atoms with Crippen molar-refractivity contribution in [2.75, 3.05) is 20.3 Å². The Morgan fingerprint density at radius 1 is 1.35 bits per heavy atom. The molecule has 0 spiro atoms. The van der Waals surface area contributed by atoms with Crippen molar-refractivity contribution >= 4 is 5.97 Å². The van der Waals surface area contributed by atoms with Crippen molar-refractivity contribution in [1.82, 2.24) is 5.32 Å². The van der Waals surface area contributed by atoms with Gasteiger partial charge >= 0.3 is 5.97 Å². The minimum atomic E-state index is -0.301. The van der Waals surface area contributed by atoms with Crippen LogP contribution in [0.2, 0.25) is 0 Å². The van der Waals surface area contributed by atoms with E-state index in [0.717, 1.165) is 24.3 Å². The summed E-state index contributed by atoms with van der Waals surface area (Å²) in [7, 11) is 1.41. The molecule has 1 N–H and O–H groups in total. The predicted octanol–water partition coefficient (Wildman–Crippen LogP) is 2.61. The highest BCUT2D eigenvalue weighted by Crippen LogP contribution is 2.19. The molecule has 0 aliphatic rings. The minimum Gasteiger partial charge on any atom is -0.493 e. The second-order valence-corrected chi connectivity index (χ2v) is 4.94. The third-order valence-corrected chi connectivity index (χ3v) is 3.13. The van der Waals surface area contributed by atoms with Gasteiger partial charge in [-0.05, 0) is 44.0 Å². The summed E-state index contributed by atoms with van der Waals surface area (Å²) in [5.74, 6) is 0.645. The summed E-state index contributed by atoms with van der Waals surface area (Å²) in [5, 5.41) is 3.18. The first-order valence-corrected chi connectivity index (χ1v) is 7.09.